The summed E-state index contributed by atoms with van der Waals surface area (Å²) in [5, 5.41) is 10.2. The summed E-state index contributed by atoms with van der Waals surface area (Å²) in [6.45, 7) is 3.73. The zero-order chi connectivity index (χ0) is 12.8. The highest BCUT2D eigenvalue weighted by atomic mass is 32.2. The van der Waals surface area contributed by atoms with Gasteiger partial charge in [0.2, 0.25) is 0 Å². The molecule has 1 atom stereocenters. The van der Waals surface area contributed by atoms with Crippen LogP contribution in [0.2, 0.25) is 0 Å². The normalized spacial score (nSPS) is 16.3. The fourth-order valence-corrected chi connectivity index (χ4v) is 4.68. The number of thiophene rings is 1. The van der Waals surface area contributed by atoms with E-state index in [2.05, 4.69) is 12.6 Å². The second-order valence-electron chi connectivity index (χ2n) is 4.84. The molecule has 1 aliphatic heterocycles. The van der Waals surface area contributed by atoms with Crippen LogP contribution in [0.4, 0.5) is 0 Å². The fraction of sp³-hybridized carbons (Fsp3) is 0.600. The van der Waals surface area contributed by atoms with Crippen LogP contribution in [-0.2, 0) is 12.2 Å². The molecule has 2 heterocycles. The molecular weight excluding hydrogens is 260 g/mol. The SMILES string of the molecule is C=CCCCCCC(O)c1cc2c(s1)CCSC2. The van der Waals surface area contributed by atoms with Crippen molar-refractivity contribution in [3.05, 3.63) is 34.0 Å². The van der Waals surface area contributed by atoms with Crippen LogP contribution in [0.25, 0.3) is 0 Å². The maximum atomic E-state index is 10.2. The Morgan fingerprint density at radius 1 is 1.39 bits per heavy atom. The summed E-state index contributed by atoms with van der Waals surface area (Å²) in [5.41, 5.74) is 1.47. The van der Waals surface area contributed by atoms with Crippen molar-refractivity contribution in [2.24, 2.45) is 0 Å². The molecule has 1 aromatic rings. The van der Waals surface area contributed by atoms with Crippen molar-refractivity contribution in [3.8, 4) is 0 Å². The lowest BCUT2D eigenvalue weighted by Gasteiger charge is -2.08. The van der Waals surface area contributed by atoms with Gasteiger partial charge in [0.05, 0.1) is 6.10 Å². The quantitative estimate of drug-likeness (QED) is 0.577. The van der Waals surface area contributed by atoms with Crippen LogP contribution in [0.3, 0.4) is 0 Å². The van der Waals surface area contributed by atoms with E-state index in [0.717, 1.165) is 25.0 Å². The molecular formula is C15H22OS2. The van der Waals surface area contributed by atoms with Gasteiger partial charge in [-0.3, -0.25) is 0 Å². The first-order valence-electron chi connectivity index (χ1n) is 6.79. The maximum Gasteiger partial charge on any atom is 0.0882 e. The standard InChI is InChI=1S/C15H22OS2/c1-2-3-4-5-6-7-13(16)15-10-12-11-17-9-8-14(12)18-15/h2,10,13,16H,1,3-9,11H2. The van der Waals surface area contributed by atoms with Gasteiger partial charge in [-0.2, -0.15) is 11.8 Å². The van der Waals surface area contributed by atoms with E-state index in [4.69, 9.17) is 0 Å². The predicted octanol–water partition coefficient (Wildman–Crippen LogP) is 4.71. The van der Waals surface area contributed by atoms with Gasteiger partial charge in [0.1, 0.15) is 0 Å². The second-order valence-corrected chi connectivity index (χ2v) is 7.12. The van der Waals surface area contributed by atoms with E-state index in [1.807, 2.05) is 29.2 Å². The molecule has 0 aromatic carbocycles. The highest BCUT2D eigenvalue weighted by Gasteiger charge is 2.17. The number of unbranched alkanes of at least 4 members (excludes halogenated alkanes) is 3. The van der Waals surface area contributed by atoms with Crippen molar-refractivity contribution in [1.82, 2.24) is 0 Å². The number of thioether (sulfide) groups is 1. The molecule has 2 rings (SSSR count). The average molecular weight is 282 g/mol. The number of hydrogen-bond donors (Lipinski definition) is 1. The lowest BCUT2D eigenvalue weighted by atomic mass is 10.1. The van der Waals surface area contributed by atoms with Crippen LogP contribution in [0.1, 0.15) is 53.5 Å². The summed E-state index contributed by atoms with van der Waals surface area (Å²) in [4.78, 5) is 2.70. The third kappa shape index (κ3) is 3.87. The number of rotatable bonds is 7. The summed E-state index contributed by atoms with van der Waals surface area (Å²) < 4.78 is 0. The van der Waals surface area contributed by atoms with E-state index >= 15 is 0 Å². The molecule has 0 saturated heterocycles. The van der Waals surface area contributed by atoms with E-state index in [0.29, 0.717) is 0 Å². The molecule has 1 unspecified atom stereocenters. The van der Waals surface area contributed by atoms with E-state index in [1.165, 1.54) is 40.3 Å². The van der Waals surface area contributed by atoms with Crippen LogP contribution >= 0.6 is 23.1 Å². The van der Waals surface area contributed by atoms with Gasteiger partial charge in [-0.05, 0) is 43.1 Å². The molecule has 18 heavy (non-hydrogen) atoms. The summed E-state index contributed by atoms with van der Waals surface area (Å²) in [5.74, 6) is 2.38. The number of aryl methyl sites for hydroxylation is 1. The second kappa shape index (κ2) is 7.37. The smallest absolute Gasteiger partial charge is 0.0882 e. The van der Waals surface area contributed by atoms with Crippen molar-refractivity contribution in [2.75, 3.05) is 5.75 Å². The van der Waals surface area contributed by atoms with Crippen LogP contribution in [-0.4, -0.2) is 10.9 Å². The summed E-state index contributed by atoms with van der Waals surface area (Å²) in [6.07, 6.45) is 8.45. The molecule has 0 spiro atoms. The molecule has 1 aliphatic rings. The zero-order valence-corrected chi connectivity index (χ0v) is 12.5. The lowest BCUT2D eigenvalue weighted by molar-refractivity contribution is 0.167. The molecule has 0 amide bonds. The molecule has 0 fully saturated rings. The van der Waals surface area contributed by atoms with Crippen LogP contribution in [0, 0.1) is 0 Å². The van der Waals surface area contributed by atoms with E-state index in [9.17, 15) is 5.11 Å². The van der Waals surface area contributed by atoms with Crippen LogP contribution in [0.15, 0.2) is 18.7 Å². The highest BCUT2D eigenvalue weighted by molar-refractivity contribution is 7.98. The van der Waals surface area contributed by atoms with Crippen LogP contribution in [0.5, 0.6) is 0 Å². The van der Waals surface area contributed by atoms with E-state index in [-0.39, 0.29) is 6.10 Å². The molecule has 1 aromatic heterocycles. The van der Waals surface area contributed by atoms with Gasteiger partial charge in [-0.1, -0.05) is 18.9 Å². The largest absolute Gasteiger partial charge is 0.388 e. The Morgan fingerprint density at radius 2 is 2.28 bits per heavy atom. The number of aliphatic hydroxyl groups excluding tert-OH is 1. The third-order valence-electron chi connectivity index (χ3n) is 3.36. The average Bonchev–Trinajstić information content (AvgIpc) is 2.82. The Balaban J connectivity index is 1.79. The minimum absolute atomic E-state index is 0.241. The van der Waals surface area contributed by atoms with Crippen molar-refractivity contribution >= 4 is 23.1 Å². The fourth-order valence-electron chi connectivity index (χ4n) is 2.28. The Hall–Kier alpha value is -0.250. The molecule has 0 bridgehead atoms. The van der Waals surface area contributed by atoms with Gasteiger partial charge in [-0.15, -0.1) is 17.9 Å². The van der Waals surface area contributed by atoms with Gasteiger partial charge < -0.3 is 5.11 Å². The molecule has 0 aliphatic carbocycles. The summed E-state index contributed by atoms with van der Waals surface area (Å²) in [6, 6.07) is 2.24. The summed E-state index contributed by atoms with van der Waals surface area (Å²) in [7, 11) is 0. The van der Waals surface area contributed by atoms with E-state index < -0.39 is 0 Å². The first kappa shape index (κ1) is 14.2. The van der Waals surface area contributed by atoms with E-state index in [1.54, 1.807) is 0 Å². The molecule has 100 valence electrons. The van der Waals surface area contributed by atoms with Gasteiger partial charge in [0.15, 0.2) is 0 Å². The number of allylic oxidation sites excluding steroid dienone is 1. The topological polar surface area (TPSA) is 20.2 Å². The number of fused-ring (bicyclic) bond motifs is 1. The van der Waals surface area contributed by atoms with Crippen molar-refractivity contribution < 1.29 is 5.11 Å². The van der Waals surface area contributed by atoms with Crippen LogP contribution < -0.4 is 0 Å². The Morgan fingerprint density at radius 3 is 3.06 bits per heavy atom. The van der Waals surface area contributed by atoms with Crippen molar-refractivity contribution in [2.45, 2.75) is 50.4 Å². The lowest BCUT2D eigenvalue weighted by Crippen LogP contribution is -1.96. The summed E-state index contributed by atoms with van der Waals surface area (Å²) >= 11 is 3.84. The molecule has 3 heteroatoms. The minimum Gasteiger partial charge on any atom is -0.388 e. The first-order chi connectivity index (χ1) is 8.81. The Kier molecular flexibility index (Phi) is 5.80. The number of aliphatic hydroxyl groups is 1. The number of hydrogen-bond acceptors (Lipinski definition) is 3. The molecule has 0 radical (unpaired) electrons. The first-order valence-corrected chi connectivity index (χ1v) is 8.76. The molecule has 1 nitrogen and oxygen atoms in total. The van der Waals surface area contributed by atoms with Gasteiger partial charge in [0.25, 0.3) is 0 Å². The van der Waals surface area contributed by atoms with Gasteiger partial charge >= 0.3 is 0 Å². The van der Waals surface area contributed by atoms with Gasteiger partial charge in [0, 0.05) is 15.5 Å². The molecule has 1 N–H and O–H groups in total. The zero-order valence-electron chi connectivity index (χ0n) is 10.9. The Bertz CT molecular complexity index is 360. The minimum atomic E-state index is -0.241. The third-order valence-corrected chi connectivity index (χ3v) is 5.71. The van der Waals surface area contributed by atoms with Crippen molar-refractivity contribution in [1.29, 1.82) is 0 Å². The predicted molar refractivity (Wildman–Crippen MR) is 82.4 cm³/mol. The Labute approximate surface area is 118 Å². The molecule has 0 saturated carbocycles. The maximum absolute atomic E-state index is 10.2. The monoisotopic (exact) mass is 282 g/mol. The van der Waals surface area contributed by atoms with Crippen molar-refractivity contribution in [3.63, 3.8) is 0 Å². The highest BCUT2D eigenvalue weighted by Crippen LogP contribution is 2.35. The van der Waals surface area contributed by atoms with Gasteiger partial charge in [-0.25, -0.2) is 0 Å².